The zero-order valence-electron chi connectivity index (χ0n) is 15.9. The van der Waals surface area contributed by atoms with Crippen LogP contribution >= 0.6 is 0 Å². The number of likely N-dealkylation sites (tertiary alicyclic amines) is 2. The third-order valence-electron chi connectivity index (χ3n) is 5.51. The van der Waals surface area contributed by atoms with Gasteiger partial charge in [0.2, 0.25) is 11.8 Å². The summed E-state index contributed by atoms with van der Waals surface area (Å²) in [7, 11) is 1.64. The van der Waals surface area contributed by atoms with E-state index in [9.17, 15) is 9.59 Å². The number of hydrogen-bond acceptors (Lipinski definition) is 5. The van der Waals surface area contributed by atoms with Gasteiger partial charge >= 0.3 is 0 Å². The van der Waals surface area contributed by atoms with Crippen LogP contribution in [0.5, 0.6) is 11.5 Å². The van der Waals surface area contributed by atoms with Crippen molar-refractivity contribution in [1.82, 2.24) is 9.80 Å². The fourth-order valence-corrected chi connectivity index (χ4v) is 3.74. The molecule has 148 valence electrons. The molecular formula is C20H29N3O4. The van der Waals surface area contributed by atoms with E-state index in [1.54, 1.807) is 7.11 Å². The minimum absolute atomic E-state index is 0.0396. The van der Waals surface area contributed by atoms with Crippen molar-refractivity contribution in [1.29, 1.82) is 0 Å². The van der Waals surface area contributed by atoms with Crippen LogP contribution in [-0.2, 0) is 9.59 Å². The number of benzene rings is 1. The number of carbonyl (C=O) groups excluding carboxylic acids is 2. The normalized spacial score (nSPS) is 19.7. The maximum atomic E-state index is 12.6. The number of rotatable bonds is 6. The molecule has 2 N–H and O–H groups in total. The SMILES string of the molecule is COc1ccc(OC2CCN(C(=O)CN3CCC(C(N)=O)CC3)CC2)cc1. The van der Waals surface area contributed by atoms with Crippen LogP contribution in [0, 0.1) is 5.92 Å². The van der Waals surface area contributed by atoms with Gasteiger partial charge in [-0.1, -0.05) is 0 Å². The number of hydrogen-bond donors (Lipinski definition) is 1. The Bertz CT molecular complexity index is 633. The van der Waals surface area contributed by atoms with Gasteiger partial charge in [0.1, 0.15) is 17.6 Å². The van der Waals surface area contributed by atoms with E-state index in [1.165, 1.54) is 0 Å². The van der Waals surface area contributed by atoms with Crippen molar-refractivity contribution < 1.29 is 19.1 Å². The Balaban J connectivity index is 1.39. The molecule has 2 fully saturated rings. The van der Waals surface area contributed by atoms with Crippen LogP contribution in [0.4, 0.5) is 0 Å². The Labute approximate surface area is 160 Å². The van der Waals surface area contributed by atoms with E-state index in [2.05, 4.69) is 4.90 Å². The summed E-state index contributed by atoms with van der Waals surface area (Å²) in [5.74, 6) is 1.54. The average Bonchev–Trinajstić information content (AvgIpc) is 2.69. The molecule has 0 aromatic heterocycles. The number of amides is 2. The Morgan fingerprint density at radius 3 is 2.15 bits per heavy atom. The lowest BCUT2D eigenvalue weighted by Gasteiger charge is -2.35. The largest absolute Gasteiger partial charge is 0.497 e. The highest BCUT2D eigenvalue weighted by Gasteiger charge is 2.28. The first-order chi connectivity index (χ1) is 13.0. The van der Waals surface area contributed by atoms with E-state index in [0.29, 0.717) is 6.54 Å². The molecule has 2 amide bonds. The molecule has 2 aliphatic rings. The monoisotopic (exact) mass is 375 g/mol. The molecule has 0 saturated carbocycles. The van der Waals surface area contributed by atoms with Crippen molar-refractivity contribution in [3.05, 3.63) is 24.3 Å². The van der Waals surface area contributed by atoms with Crippen LogP contribution < -0.4 is 15.2 Å². The minimum atomic E-state index is -0.222. The van der Waals surface area contributed by atoms with E-state index >= 15 is 0 Å². The van der Waals surface area contributed by atoms with E-state index < -0.39 is 0 Å². The van der Waals surface area contributed by atoms with Crippen molar-refractivity contribution in [3.63, 3.8) is 0 Å². The Kier molecular flexibility index (Phi) is 6.55. The quantitative estimate of drug-likeness (QED) is 0.809. The maximum absolute atomic E-state index is 12.6. The van der Waals surface area contributed by atoms with Crippen molar-refractivity contribution >= 4 is 11.8 Å². The summed E-state index contributed by atoms with van der Waals surface area (Å²) >= 11 is 0. The summed E-state index contributed by atoms with van der Waals surface area (Å²) in [4.78, 5) is 27.8. The molecule has 0 unspecified atom stereocenters. The molecule has 2 heterocycles. The zero-order chi connectivity index (χ0) is 19.2. The van der Waals surface area contributed by atoms with Crippen LogP contribution in [0.1, 0.15) is 25.7 Å². The van der Waals surface area contributed by atoms with Gasteiger partial charge in [-0.15, -0.1) is 0 Å². The molecule has 2 aliphatic heterocycles. The fourth-order valence-electron chi connectivity index (χ4n) is 3.74. The second-order valence-corrected chi connectivity index (χ2v) is 7.33. The lowest BCUT2D eigenvalue weighted by molar-refractivity contribution is -0.134. The predicted molar refractivity (Wildman–Crippen MR) is 102 cm³/mol. The second kappa shape index (κ2) is 9.08. The lowest BCUT2D eigenvalue weighted by atomic mass is 9.96. The van der Waals surface area contributed by atoms with Crippen molar-refractivity contribution in [2.75, 3.05) is 39.8 Å². The van der Waals surface area contributed by atoms with E-state index in [4.69, 9.17) is 15.2 Å². The number of ether oxygens (including phenoxy) is 2. The first-order valence-electron chi connectivity index (χ1n) is 9.65. The van der Waals surface area contributed by atoms with Gasteiger partial charge < -0.3 is 20.1 Å². The highest BCUT2D eigenvalue weighted by molar-refractivity contribution is 5.79. The number of carbonyl (C=O) groups is 2. The number of piperidine rings is 2. The number of methoxy groups -OCH3 is 1. The van der Waals surface area contributed by atoms with Crippen LogP contribution in [0.3, 0.4) is 0 Å². The zero-order valence-corrected chi connectivity index (χ0v) is 15.9. The summed E-state index contributed by atoms with van der Waals surface area (Å²) in [6.07, 6.45) is 3.30. The average molecular weight is 375 g/mol. The first kappa shape index (κ1) is 19.5. The second-order valence-electron chi connectivity index (χ2n) is 7.33. The maximum Gasteiger partial charge on any atom is 0.236 e. The fraction of sp³-hybridized carbons (Fsp3) is 0.600. The summed E-state index contributed by atoms with van der Waals surface area (Å²) in [5.41, 5.74) is 5.36. The van der Waals surface area contributed by atoms with Gasteiger partial charge in [0.15, 0.2) is 0 Å². The van der Waals surface area contributed by atoms with Crippen molar-refractivity contribution in [2.24, 2.45) is 11.7 Å². The van der Waals surface area contributed by atoms with Crippen molar-refractivity contribution in [3.8, 4) is 11.5 Å². The lowest BCUT2D eigenvalue weighted by Crippen LogP contribution is -2.48. The van der Waals surface area contributed by atoms with E-state index in [0.717, 1.165) is 63.4 Å². The molecule has 7 nitrogen and oxygen atoms in total. The standard InChI is InChI=1S/C20H29N3O4/c1-26-16-2-4-17(5-3-16)27-18-8-12-23(13-9-18)19(24)14-22-10-6-15(7-11-22)20(21)25/h2-5,15,18H,6-14H2,1H3,(H2,21,25). The number of nitrogens with zero attached hydrogens (tertiary/aromatic N) is 2. The molecule has 0 atom stereocenters. The number of nitrogens with two attached hydrogens (primary N) is 1. The Hall–Kier alpha value is -2.28. The molecule has 7 heteroatoms. The smallest absolute Gasteiger partial charge is 0.236 e. The highest BCUT2D eigenvalue weighted by Crippen LogP contribution is 2.22. The third kappa shape index (κ3) is 5.35. The summed E-state index contributed by atoms with van der Waals surface area (Å²) in [6.45, 7) is 3.39. The molecule has 0 spiro atoms. The molecule has 0 radical (unpaired) electrons. The molecule has 0 aliphatic carbocycles. The van der Waals surface area contributed by atoms with Crippen LogP contribution in [0.25, 0.3) is 0 Å². The van der Waals surface area contributed by atoms with Gasteiger partial charge in [-0.3, -0.25) is 14.5 Å². The molecule has 1 aromatic rings. The van der Waals surface area contributed by atoms with Crippen molar-refractivity contribution in [2.45, 2.75) is 31.8 Å². The van der Waals surface area contributed by atoms with Crippen LogP contribution in [0.2, 0.25) is 0 Å². The van der Waals surface area contributed by atoms with Gasteiger partial charge in [0.25, 0.3) is 0 Å². The molecule has 27 heavy (non-hydrogen) atoms. The summed E-state index contributed by atoms with van der Waals surface area (Å²) in [5, 5.41) is 0. The number of primary amides is 1. The predicted octanol–water partition coefficient (Wildman–Crippen LogP) is 1.26. The molecular weight excluding hydrogens is 346 g/mol. The molecule has 0 bridgehead atoms. The summed E-state index contributed by atoms with van der Waals surface area (Å²) in [6, 6.07) is 7.59. The first-order valence-corrected chi connectivity index (χ1v) is 9.65. The minimum Gasteiger partial charge on any atom is -0.497 e. The van der Waals surface area contributed by atoms with Gasteiger partial charge in [-0.05, 0) is 50.2 Å². The topological polar surface area (TPSA) is 85.1 Å². The van der Waals surface area contributed by atoms with Gasteiger partial charge in [-0.2, -0.15) is 0 Å². The molecule has 1 aromatic carbocycles. The van der Waals surface area contributed by atoms with Gasteiger partial charge in [-0.25, -0.2) is 0 Å². The van der Waals surface area contributed by atoms with E-state index in [-0.39, 0.29) is 23.8 Å². The molecule has 3 rings (SSSR count). The van der Waals surface area contributed by atoms with Gasteiger partial charge in [0, 0.05) is 31.8 Å². The third-order valence-corrected chi connectivity index (χ3v) is 5.51. The van der Waals surface area contributed by atoms with Crippen LogP contribution in [0.15, 0.2) is 24.3 Å². The van der Waals surface area contributed by atoms with Crippen LogP contribution in [-0.4, -0.2) is 67.6 Å². The Morgan fingerprint density at radius 1 is 1.00 bits per heavy atom. The highest BCUT2D eigenvalue weighted by atomic mass is 16.5. The summed E-state index contributed by atoms with van der Waals surface area (Å²) < 4.78 is 11.2. The Morgan fingerprint density at radius 2 is 1.59 bits per heavy atom. The van der Waals surface area contributed by atoms with E-state index in [1.807, 2.05) is 29.2 Å². The molecule has 2 saturated heterocycles. The van der Waals surface area contributed by atoms with Gasteiger partial charge in [0.05, 0.1) is 13.7 Å².